The van der Waals surface area contributed by atoms with Gasteiger partial charge >= 0.3 is 0 Å². The zero-order valence-electron chi connectivity index (χ0n) is 9.24. The van der Waals surface area contributed by atoms with Crippen LogP contribution in [-0.4, -0.2) is 22.3 Å². The van der Waals surface area contributed by atoms with Crippen molar-refractivity contribution in [1.82, 2.24) is 9.78 Å². The van der Waals surface area contributed by atoms with E-state index in [0.29, 0.717) is 12.3 Å². The van der Waals surface area contributed by atoms with Gasteiger partial charge < -0.3 is 10.5 Å². The van der Waals surface area contributed by atoms with Crippen LogP contribution in [0.4, 0.5) is 0 Å². The van der Waals surface area contributed by atoms with Crippen LogP contribution in [0.1, 0.15) is 5.56 Å². The molecule has 0 unspecified atom stereocenters. The monoisotopic (exact) mass is 231 g/mol. The first-order valence-corrected chi connectivity index (χ1v) is 5.21. The smallest absolute Gasteiger partial charge is 0.255 e. The lowest BCUT2D eigenvalue weighted by atomic mass is 10.2. The van der Waals surface area contributed by atoms with Crippen molar-refractivity contribution in [1.29, 1.82) is 0 Å². The Morgan fingerprint density at radius 1 is 1.41 bits per heavy atom. The number of ether oxygens (including phenoxy) is 1. The molecule has 0 aliphatic carbocycles. The minimum atomic E-state index is -0.484. The predicted octanol–water partition coefficient (Wildman–Crippen LogP) is 0.795. The second kappa shape index (κ2) is 5.16. The van der Waals surface area contributed by atoms with Gasteiger partial charge in [0.2, 0.25) is 0 Å². The highest BCUT2D eigenvalue weighted by atomic mass is 16.5. The Morgan fingerprint density at radius 3 is 3.00 bits per heavy atom. The molecule has 0 aliphatic rings. The fourth-order valence-corrected chi connectivity index (χ4v) is 1.47. The Kier molecular flexibility index (Phi) is 3.40. The number of nitrogens with two attached hydrogens (primary N) is 1. The average Bonchev–Trinajstić information content (AvgIpc) is 2.80. The van der Waals surface area contributed by atoms with E-state index in [-0.39, 0.29) is 6.61 Å². The molecule has 88 valence electrons. The number of rotatable bonds is 5. The molecule has 0 aliphatic heterocycles. The maximum absolute atomic E-state index is 10.6. The number of carbonyl (C=O) groups excluding carboxylic acids is 1. The van der Waals surface area contributed by atoms with Crippen LogP contribution in [-0.2, 0) is 11.3 Å². The van der Waals surface area contributed by atoms with Gasteiger partial charge in [0.1, 0.15) is 5.75 Å². The molecule has 0 spiro atoms. The predicted molar refractivity (Wildman–Crippen MR) is 62.5 cm³/mol. The van der Waals surface area contributed by atoms with Gasteiger partial charge in [-0.05, 0) is 23.8 Å². The molecular formula is C12H13N3O2. The van der Waals surface area contributed by atoms with Crippen molar-refractivity contribution >= 4 is 5.91 Å². The number of benzene rings is 1. The Hall–Kier alpha value is -2.30. The van der Waals surface area contributed by atoms with Crippen LogP contribution < -0.4 is 10.5 Å². The molecule has 0 bridgehead atoms. The fourth-order valence-electron chi connectivity index (χ4n) is 1.47. The molecular weight excluding hydrogens is 218 g/mol. The minimum Gasteiger partial charge on any atom is -0.484 e. The summed E-state index contributed by atoms with van der Waals surface area (Å²) < 4.78 is 7.04. The highest BCUT2D eigenvalue weighted by Crippen LogP contribution is 2.13. The molecule has 1 aromatic carbocycles. The summed E-state index contributed by atoms with van der Waals surface area (Å²) in [5.74, 6) is 0.149. The molecule has 2 N–H and O–H groups in total. The van der Waals surface area contributed by atoms with Crippen molar-refractivity contribution in [3.05, 3.63) is 48.3 Å². The van der Waals surface area contributed by atoms with Crippen molar-refractivity contribution in [2.24, 2.45) is 5.73 Å². The first-order valence-electron chi connectivity index (χ1n) is 5.21. The molecule has 2 aromatic rings. The van der Waals surface area contributed by atoms with Gasteiger partial charge in [-0.1, -0.05) is 12.1 Å². The Morgan fingerprint density at radius 2 is 2.29 bits per heavy atom. The highest BCUT2D eigenvalue weighted by Gasteiger charge is 2.00. The minimum absolute atomic E-state index is 0.106. The standard InChI is InChI=1S/C12H13N3O2/c13-12(16)9-17-11-4-1-3-10(7-11)8-15-6-2-5-14-15/h1-7H,8-9H2,(H2,13,16). The van der Waals surface area contributed by atoms with Gasteiger partial charge in [-0.2, -0.15) is 5.10 Å². The summed E-state index contributed by atoms with van der Waals surface area (Å²) in [6.07, 6.45) is 3.62. The van der Waals surface area contributed by atoms with Crippen molar-refractivity contribution in [3.8, 4) is 5.75 Å². The molecule has 5 heteroatoms. The van der Waals surface area contributed by atoms with Gasteiger partial charge in [-0.3, -0.25) is 9.48 Å². The van der Waals surface area contributed by atoms with Crippen molar-refractivity contribution in [3.63, 3.8) is 0 Å². The second-order valence-electron chi connectivity index (χ2n) is 3.61. The van der Waals surface area contributed by atoms with E-state index < -0.39 is 5.91 Å². The quantitative estimate of drug-likeness (QED) is 0.827. The lowest BCUT2D eigenvalue weighted by Gasteiger charge is -2.06. The van der Waals surface area contributed by atoms with E-state index in [1.165, 1.54) is 0 Å². The summed E-state index contributed by atoms with van der Waals surface area (Å²) in [4.78, 5) is 10.6. The van der Waals surface area contributed by atoms with Crippen molar-refractivity contribution in [2.45, 2.75) is 6.54 Å². The van der Waals surface area contributed by atoms with E-state index in [1.54, 1.807) is 12.3 Å². The molecule has 17 heavy (non-hydrogen) atoms. The maximum Gasteiger partial charge on any atom is 0.255 e. The second-order valence-corrected chi connectivity index (χ2v) is 3.61. The zero-order valence-corrected chi connectivity index (χ0v) is 9.24. The van der Waals surface area contributed by atoms with Crippen LogP contribution in [0.5, 0.6) is 5.75 Å². The number of hydrogen-bond acceptors (Lipinski definition) is 3. The van der Waals surface area contributed by atoms with Crippen LogP contribution in [0.3, 0.4) is 0 Å². The molecule has 0 radical (unpaired) electrons. The number of amides is 1. The van der Waals surface area contributed by atoms with Crippen molar-refractivity contribution in [2.75, 3.05) is 6.61 Å². The van der Waals surface area contributed by atoms with E-state index in [0.717, 1.165) is 5.56 Å². The van der Waals surface area contributed by atoms with Crippen molar-refractivity contribution < 1.29 is 9.53 Å². The lowest BCUT2D eigenvalue weighted by molar-refractivity contribution is -0.119. The van der Waals surface area contributed by atoms with Gasteiger partial charge in [-0.25, -0.2) is 0 Å². The van der Waals surface area contributed by atoms with Gasteiger partial charge in [0.05, 0.1) is 6.54 Å². The number of carbonyl (C=O) groups is 1. The highest BCUT2D eigenvalue weighted by molar-refractivity contribution is 5.75. The van der Waals surface area contributed by atoms with Gasteiger partial charge in [0.25, 0.3) is 5.91 Å². The lowest BCUT2D eigenvalue weighted by Crippen LogP contribution is -2.20. The summed E-state index contributed by atoms with van der Waals surface area (Å²) >= 11 is 0. The van der Waals surface area contributed by atoms with Crippen LogP contribution in [0.2, 0.25) is 0 Å². The third-order valence-electron chi connectivity index (χ3n) is 2.18. The van der Waals surface area contributed by atoms with Gasteiger partial charge in [0.15, 0.2) is 6.61 Å². The van der Waals surface area contributed by atoms with E-state index in [9.17, 15) is 4.79 Å². The van der Waals surface area contributed by atoms with Crippen LogP contribution >= 0.6 is 0 Å². The largest absolute Gasteiger partial charge is 0.484 e. The molecule has 0 saturated heterocycles. The molecule has 1 amide bonds. The Labute approximate surface area is 98.8 Å². The maximum atomic E-state index is 10.6. The summed E-state index contributed by atoms with van der Waals surface area (Å²) in [6, 6.07) is 9.36. The topological polar surface area (TPSA) is 70.1 Å². The van der Waals surface area contributed by atoms with Crippen LogP contribution in [0.25, 0.3) is 0 Å². The first-order chi connectivity index (χ1) is 8.24. The SMILES string of the molecule is NC(=O)COc1cccc(Cn2cccn2)c1. The Balaban J connectivity index is 2.03. The molecule has 2 rings (SSSR count). The van der Waals surface area contributed by atoms with E-state index in [1.807, 2.05) is 35.1 Å². The number of hydrogen-bond donors (Lipinski definition) is 1. The first kappa shape index (κ1) is 11.2. The number of aromatic nitrogens is 2. The van der Waals surface area contributed by atoms with Crippen LogP contribution in [0.15, 0.2) is 42.7 Å². The summed E-state index contributed by atoms with van der Waals surface area (Å²) in [5, 5.41) is 4.12. The molecule has 0 atom stereocenters. The Bertz CT molecular complexity index is 494. The number of primary amides is 1. The average molecular weight is 231 g/mol. The third-order valence-corrected chi connectivity index (χ3v) is 2.18. The van der Waals surface area contributed by atoms with E-state index in [4.69, 9.17) is 10.5 Å². The molecule has 0 fully saturated rings. The third kappa shape index (κ3) is 3.34. The van der Waals surface area contributed by atoms with Gasteiger partial charge in [-0.15, -0.1) is 0 Å². The molecule has 1 heterocycles. The zero-order chi connectivity index (χ0) is 12.1. The molecule has 1 aromatic heterocycles. The summed E-state index contributed by atoms with van der Waals surface area (Å²) in [5.41, 5.74) is 6.06. The normalized spacial score (nSPS) is 10.1. The molecule has 5 nitrogen and oxygen atoms in total. The fraction of sp³-hybridized carbons (Fsp3) is 0.167. The summed E-state index contributed by atoms with van der Waals surface area (Å²) in [7, 11) is 0. The molecule has 0 saturated carbocycles. The van der Waals surface area contributed by atoms with E-state index >= 15 is 0 Å². The van der Waals surface area contributed by atoms with Gasteiger partial charge in [0, 0.05) is 12.4 Å². The van der Waals surface area contributed by atoms with Crippen LogP contribution in [0, 0.1) is 0 Å². The van der Waals surface area contributed by atoms with E-state index in [2.05, 4.69) is 5.10 Å². The summed E-state index contributed by atoms with van der Waals surface area (Å²) in [6.45, 7) is 0.562. The number of nitrogens with zero attached hydrogens (tertiary/aromatic N) is 2.